The number of amides is 2. The summed E-state index contributed by atoms with van der Waals surface area (Å²) < 4.78 is 5.87. The van der Waals surface area contributed by atoms with E-state index < -0.39 is 0 Å². The largest absolute Gasteiger partial charge is 0.483 e. The maximum atomic E-state index is 13.0. The Balaban J connectivity index is 1.45. The monoisotopic (exact) mass is 436 g/mol. The lowest BCUT2D eigenvalue weighted by Crippen LogP contribution is -2.49. The Morgan fingerprint density at radius 3 is 2.69 bits per heavy atom. The van der Waals surface area contributed by atoms with Crippen LogP contribution in [0.25, 0.3) is 0 Å². The smallest absolute Gasteiger partial charge is 0.260 e. The van der Waals surface area contributed by atoms with E-state index in [2.05, 4.69) is 16.0 Å². The quantitative estimate of drug-likeness (QED) is 0.686. The number of rotatable bonds is 1. The molecule has 1 spiro atoms. The Morgan fingerprint density at radius 1 is 1.12 bits per heavy atom. The first kappa shape index (κ1) is 22.2. The lowest BCUT2D eigenvalue weighted by Gasteiger charge is -2.44. The van der Waals surface area contributed by atoms with Gasteiger partial charge >= 0.3 is 0 Å². The molecule has 0 aliphatic carbocycles. The normalized spacial score (nSPS) is 19.5. The van der Waals surface area contributed by atoms with E-state index >= 15 is 0 Å². The number of carbonyl (C=O) groups excluding carboxylic acids is 2. The van der Waals surface area contributed by atoms with Crippen LogP contribution in [0, 0.1) is 12.3 Å². The summed E-state index contributed by atoms with van der Waals surface area (Å²) in [6.45, 7) is 3.98. The number of para-hydroxylation sites is 1. The van der Waals surface area contributed by atoms with Crippen molar-refractivity contribution in [2.24, 2.45) is 5.41 Å². The van der Waals surface area contributed by atoms with Crippen molar-refractivity contribution in [3.63, 3.8) is 0 Å². The number of ether oxygens (including phenoxy) is 1. The predicted molar refractivity (Wildman–Crippen MR) is 121 cm³/mol. The standard InChI is InChI=1S/C25H32N4O3/c1-19-21(15-26-18-27-19)24(31)29-13-11-25(12-14-29)10-6-5-8-20-7-3-4-9-22(20)32-16-23(30)28(2)17-25/h3-4,7,9,15,18H,5-6,8,10-14,16-17H2,1-2H3. The number of likely N-dealkylation sites (N-methyl/N-ethyl adjacent to an activating group) is 1. The van der Waals surface area contributed by atoms with Crippen LogP contribution in [0.3, 0.4) is 0 Å². The van der Waals surface area contributed by atoms with Gasteiger partial charge in [-0.2, -0.15) is 0 Å². The Bertz CT molecular complexity index is 969. The summed E-state index contributed by atoms with van der Waals surface area (Å²) in [6.07, 6.45) is 9.05. The van der Waals surface area contributed by atoms with Gasteiger partial charge in [-0.15, -0.1) is 0 Å². The van der Waals surface area contributed by atoms with Crippen LogP contribution in [0.5, 0.6) is 5.75 Å². The van der Waals surface area contributed by atoms with E-state index in [1.54, 1.807) is 6.20 Å². The minimum absolute atomic E-state index is 0.000502. The summed E-state index contributed by atoms with van der Waals surface area (Å²) >= 11 is 0. The van der Waals surface area contributed by atoms with Gasteiger partial charge in [0.15, 0.2) is 6.61 Å². The third-order valence-electron chi connectivity index (χ3n) is 6.98. The highest BCUT2D eigenvalue weighted by Gasteiger charge is 2.38. The number of hydrogen-bond donors (Lipinski definition) is 0. The van der Waals surface area contributed by atoms with Crippen LogP contribution < -0.4 is 4.74 Å². The molecule has 2 aliphatic heterocycles. The van der Waals surface area contributed by atoms with Crippen molar-refractivity contribution in [1.82, 2.24) is 19.8 Å². The lowest BCUT2D eigenvalue weighted by atomic mass is 9.73. The zero-order valence-corrected chi connectivity index (χ0v) is 19.0. The number of piperidine rings is 1. The van der Waals surface area contributed by atoms with Crippen LogP contribution in [-0.4, -0.2) is 64.9 Å². The van der Waals surface area contributed by atoms with Gasteiger partial charge in [0.05, 0.1) is 11.3 Å². The van der Waals surface area contributed by atoms with Gasteiger partial charge in [0.2, 0.25) is 0 Å². The highest BCUT2D eigenvalue weighted by atomic mass is 16.5. The molecule has 2 aliphatic rings. The number of likely N-dealkylation sites (tertiary alicyclic amines) is 1. The van der Waals surface area contributed by atoms with E-state index in [4.69, 9.17) is 4.74 Å². The summed E-state index contributed by atoms with van der Waals surface area (Å²) in [4.78, 5) is 37.7. The van der Waals surface area contributed by atoms with Gasteiger partial charge < -0.3 is 14.5 Å². The Morgan fingerprint density at radius 2 is 1.91 bits per heavy atom. The molecule has 0 atom stereocenters. The van der Waals surface area contributed by atoms with Crippen molar-refractivity contribution < 1.29 is 14.3 Å². The molecule has 0 radical (unpaired) electrons. The maximum Gasteiger partial charge on any atom is 0.260 e. The zero-order valence-electron chi connectivity index (χ0n) is 19.0. The average molecular weight is 437 g/mol. The molecule has 0 unspecified atom stereocenters. The van der Waals surface area contributed by atoms with Crippen molar-refractivity contribution in [2.75, 3.05) is 33.3 Å². The second kappa shape index (κ2) is 9.67. The molecule has 7 heteroatoms. The molecule has 2 aromatic rings. The molecule has 1 aromatic carbocycles. The number of carbonyl (C=O) groups is 2. The van der Waals surface area contributed by atoms with Crippen LogP contribution in [0.2, 0.25) is 0 Å². The molecule has 2 amide bonds. The van der Waals surface area contributed by atoms with Crippen molar-refractivity contribution in [1.29, 1.82) is 0 Å². The van der Waals surface area contributed by atoms with E-state index in [1.165, 1.54) is 11.9 Å². The summed E-state index contributed by atoms with van der Waals surface area (Å²) in [5, 5.41) is 0. The fourth-order valence-electron chi connectivity index (χ4n) is 4.95. The van der Waals surface area contributed by atoms with Crippen LogP contribution in [-0.2, 0) is 11.2 Å². The van der Waals surface area contributed by atoms with Crippen molar-refractivity contribution >= 4 is 11.8 Å². The first-order valence-corrected chi connectivity index (χ1v) is 11.5. The third kappa shape index (κ3) is 4.92. The molecule has 0 N–H and O–H groups in total. The summed E-state index contributed by atoms with van der Waals surface area (Å²) in [5.74, 6) is 0.812. The van der Waals surface area contributed by atoms with Gasteiger partial charge in [-0.3, -0.25) is 9.59 Å². The SMILES string of the molecule is Cc1ncncc1C(=O)N1CCC2(CCCCc3ccccc3OCC(=O)N(C)C2)CC1. The molecule has 1 fully saturated rings. The number of nitrogens with zero attached hydrogens (tertiary/aromatic N) is 4. The zero-order chi connectivity index (χ0) is 22.6. The van der Waals surface area contributed by atoms with E-state index in [0.29, 0.717) is 30.9 Å². The minimum atomic E-state index is -0.00434. The van der Waals surface area contributed by atoms with E-state index in [9.17, 15) is 9.59 Å². The number of aryl methyl sites for hydroxylation is 2. The first-order chi connectivity index (χ1) is 15.5. The van der Waals surface area contributed by atoms with Crippen LogP contribution in [0.15, 0.2) is 36.8 Å². The van der Waals surface area contributed by atoms with Gasteiger partial charge in [-0.1, -0.05) is 24.6 Å². The Kier molecular flexibility index (Phi) is 6.72. The molecular formula is C25H32N4O3. The second-order valence-electron chi connectivity index (χ2n) is 9.17. The molecule has 3 heterocycles. The highest BCUT2D eigenvalue weighted by molar-refractivity contribution is 5.94. The highest BCUT2D eigenvalue weighted by Crippen LogP contribution is 2.38. The average Bonchev–Trinajstić information content (AvgIpc) is 2.80. The topological polar surface area (TPSA) is 75.6 Å². The van der Waals surface area contributed by atoms with Crippen LogP contribution >= 0.6 is 0 Å². The Hall–Kier alpha value is -2.96. The first-order valence-electron chi connectivity index (χ1n) is 11.5. The lowest BCUT2D eigenvalue weighted by molar-refractivity contribution is -0.134. The van der Waals surface area contributed by atoms with E-state index in [-0.39, 0.29) is 23.8 Å². The molecule has 4 rings (SSSR count). The molecule has 0 saturated carbocycles. The van der Waals surface area contributed by atoms with Gasteiger partial charge in [0.25, 0.3) is 11.8 Å². The van der Waals surface area contributed by atoms with Gasteiger partial charge in [-0.25, -0.2) is 9.97 Å². The summed E-state index contributed by atoms with van der Waals surface area (Å²) in [6, 6.07) is 8.01. The number of benzene rings is 1. The molecule has 170 valence electrons. The maximum absolute atomic E-state index is 13.0. The van der Waals surface area contributed by atoms with E-state index in [1.807, 2.05) is 42.0 Å². The van der Waals surface area contributed by atoms with Crippen molar-refractivity contribution in [3.05, 3.63) is 53.6 Å². The molecule has 32 heavy (non-hydrogen) atoms. The second-order valence-corrected chi connectivity index (χ2v) is 9.17. The third-order valence-corrected chi connectivity index (χ3v) is 6.98. The molecule has 1 saturated heterocycles. The fraction of sp³-hybridized carbons (Fsp3) is 0.520. The number of fused-ring (bicyclic) bond motifs is 1. The molecule has 7 nitrogen and oxygen atoms in total. The predicted octanol–water partition coefficient (Wildman–Crippen LogP) is 3.27. The summed E-state index contributed by atoms with van der Waals surface area (Å²) in [5.41, 5.74) is 2.48. The van der Waals surface area contributed by atoms with E-state index in [0.717, 1.165) is 44.3 Å². The summed E-state index contributed by atoms with van der Waals surface area (Å²) in [7, 11) is 1.87. The molecule has 0 bridgehead atoms. The van der Waals surface area contributed by atoms with Gasteiger partial charge in [0, 0.05) is 32.9 Å². The van der Waals surface area contributed by atoms with Crippen molar-refractivity contribution in [3.8, 4) is 5.75 Å². The minimum Gasteiger partial charge on any atom is -0.483 e. The molecular weight excluding hydrogens is 404 g/mol. The number of aromatic nitrogens is 2. The van der Waals surface area contributed by atoms with Crippen LogP contribution in [0.1, 0.15) is 53.7 Å². The van der Waals surface area contributed by atoms with Crippen molar-refractivity contribution in [2.45, 2.75) is 45.4 Å². The van der Waals surface area contributed by atoms with Crippen LogP contribution in [0.4, 0.5) is 0 Å². The Labute approximate surface area is 189 Å². The van der Waals surface area contributed by atoms with Gasteiger partial charge in [-0.05, 0) is 56.1 Å². The fourth-order valence-corrected chi connectivity index (χ4v) is 4.95. The van der Waals surface area contributed by atoms with Gasteiger partial charge in [0.1, 0.15) is 12.1 Å². The number of hydrogen-bond acceptors (Lipinski definition) is 5. The molecule has 1 aromatic heterocycles.